The van der Waals surface area contributed by atoms with Gasteiger partial charge in [-0.1, -0.05) is 279 Å². The zero-order valence-electron chi connectivity index (χ0n) is 44.6. The normalized spacial score (nSPS) is 11.7. The van der Waals surface area contributed by atoms with Crippen LogP contribution in [0.4, 0.5) is 0 Å². The van der Waals surface area contributed by atoms with Gasteiger partial charge < -0.3 is 9.13 Å². The van der Waals surface area contributed by atoms with E-state index in [1.165, 1.54) is 97.8 Å². The van der Waals surface area contributed by atoms with Crippen molar-refractivity contribution in [2.24, 2.45) is 0 Å². The number of para-hydroxylation sites is 3. The predicted molar refractivity (Wildman–Crippen MR) is 346 cm³/mol. The molecule has 0 N–H and O–H groups in total. The number of aromatic nitrogens is 2. The summed E-state index contributed by atoms with van der Waals surface area (Å²) < 4.78 is 4.98. The molecule has 2 heterocycles. The van der Waals surface area contributed by atoms with Gasteiger partial charge in [-0.15, -0.1) is 0 Å². The molecule has 81 heavy (non-hydrogen) atoms. The van der Waals surface area contributed by atoms with Crippen LogP contribution in [0.2, 0.25) is 0 Å². The quantitative estimate of drug-likeness (QED) is 0.0902. The number of hydrogen-bond acceptors (Lipinski definition) is 0. The molecule has 0 spiro atoms. The van der Waals surface area contributed by atoms with Gasteiger partial charge in [-0.3, -0.25) is 0 Å². The van der Waals surface area contributed by atoms with E-state index in [2.05, 4.69) is 337 Å². The van der Waals surface area contributed by atoms with Gasteiger partial charge in [-0.25, -0.2) is 0 Å². The van der Waals surface area contributed by atoms with E-state index in [1.54, 1.807) is 0 Å². The van der Waals surface area contributed by atoms with Gasteiger partial charge in [-0.2, -0.15) is 0 Å². The monoisotopic (exact) mass is 1050 g/mol. The van der Waals surface area contributed by atoms with Crippen molar-refractivity contribution in [1.82, 2.24) is 9.13 Å². The molecule has 13 aromatic carbocycles. The summed E-state index contributed by atoms with van der Waals surface area (Å²) in [5.41, 5.74) is 18.8. The molecule has 0 saturated carbocycles. The van der Waals surface area contributed by atoms with Gasteiger partial charge in [-0.05, 0) is 114 Å². The highest BCUT2D eigenvalue weighted by Crippen LogP contribution is 2.45. The molecule has 15 rings (SSSR count). The van der Waals surface area contributed by atoms with E-state index in [0.717, 1.165) is 33.5 Å². The number of benzene rings is 13. The van der Waals surface area contributed by atoms with E-state index in [1.807, 2.05) is 0 Å². The van der Waals surface area contributed by atoms with Gasteiger partial charge in [0.15, 0.2) is 8.07 Å². The Morgan fingerprint density at radius 2 is 0.630 bits per heavy atom. The van der Waals surface area contributed by atoms with E-state index in [9.17, 15) is 0 Å². The van der Waals surface area contributed by atoms with Gasteiger partial charge in [0.05, 0.1) is 27.8 Å². The minimum Gasteiger partial charge on any atom is -0.309 e. The first kappa shape index (κ1) is 47.9. The van der Waals surface area contributed by atoms with Gasteiger partial charge in [0.25, 0.3) is 0 Å². The summed E-state index contributed by atoms with van der Waals surface area (Å²) in [7, 11) is -3.30. The Morgan fingerprint density at radius 1 is 0.210 bits per heavy atom. The van der Waals surface area contributed by atoms with Crippen LogP contribution in [-0.4, -0.2) is 17.2 Å². The van der Waals surface area contributed by atoms with E-state index in [0.29, 0.717) is 0 Å². The molecule has 2 aromatic heterocycles. The molecule has 0 unspecified atom stereocenters. The lowest BCUT2D eigenvalue weighted by Crippen LogP contribution is -2.74. The van der Waals surface area contributed by atoms with Crippen LogP contribution in [0.15, 0.2) is 328 Å². The highest BCUT2D eigenvalue weighted by molar-refractivity contribution is 7.20. The average molecular weight is 1050 g/mol. The maximum Gasteiger partial charge on any atom is 0.179 e. The number of hydrogen-bond donors (Lipinski definition) is 0. The number of nitrogens with zero attached hydrogens (tertiary/aromatic N) is 2. The van der Waals surface area contributed by atoms with Crippen LogP contribution < -0.4 is 20.7 Å². The van der Waals surface area contributed by atoms with Crippen LogP contribution in [-0.2, 0) is 0 Å². The minimum atomic E-state index is -3.30. The highest BCUT2D eigenvalue weighted by Gasteiger charge is 2.43. The Kier molecular flexibility index (Phi) is 11.9. The Labute approximate surface area is 473 Å². The van der Waals surface area contributed by atoms with E-state index in [4.69, 9.17) is 0 Å². The van der Waals surface area contributed by atoms with Crippen molar-refractivity contribution >= 4 is 72.4 Å². The SMILES string of the molecule is c1ccc(-c2cc(-c3ccccc3)cc([Si](c3ccccc3)(c3ccccc3)c3cc(-c4ccccc4)c(-n4c5ccccc5c5c(-c6ccc7c(c6)c6ccccc6n7-c6ccccc6)cccc54)c(-c4ccccc4)c3)c2)cc1. The maximum atomic E-state index is 2.58. The number of fused-ring (bicyclic) bond motifs is 6. The van der Waals surface area contributed by atoms with Crippen LogP contribution in [0.5, 0.6) is 0 Å². The first-order valence-corrected chi connectivity index (χ1v) is 30.0. The topological polar surface area (TPSA) is 9.86 Å². The summed E-state index contributed by atoms with van der Waals surface area (Å²) >= 11 is 0. The Balaban J connectivity index is 1.06. The van der Waals surface area contributed by atoms with Crippen molar-refractivity contribution in [1.29, 1.82) is 0 Å². The summed E-state index contributed by atoms with van der Waals surface area (Å²) in [4.78, 5) is 0. The molecular formula is C78H54N2Si. The fourth-order valence-corrected chi connectivity index (χ4v) is 17.9. The lowest BCUT2D eigenvalue weighted by molar-refractivity contribution is 1.18. The van der Waals surface area contributed by atoms with Gasteiger partial charge in [0.1, 0.15) is 0 Å². The molecule has 0 aliphatic carbocycles. The smallest absolute Gasteiger partial charge is 0.179 e. The molecular weight excluding hydrogens is 993 g/mol. The van der Waals surface area contributed by atoms with Crippen LogP contribution in [0.3, 0.4) is 0 Å². The third-order valence-corrected chi connectivity index (χ3v) is 21.3. The first-order valence-electron chi connectivity index (χ1n) is 28.0. The van der Waals surface area contributed by atoms with Crippen LogP contribution in [0, 0.1) is 0 Å². The molecule has 0 atom stereocenters. The fourth-order valence-electron chi connectivity index (χ4n) is 13.1. The Hall–Kier alpha value is -10.3. The van der Waals surface area contributed by atoms with Crippen molar-refractivity contribution in [3.8, 4) is 67.0 Å². The second-order valence-electron chi connectivity index (χ2n) is 21.1. The van der Waals surface area contributed by atoms with Crippen molar-refractivity contribution in [2.75, 3.05) is 0 Å². The lowest BCUT2D eigenvalue weighted by atomic mass is 9.95. The molecule has 0 amide bonds. The third kappa shape index (κ3) is 8.08. The average Bonchev–Trinajstić information content (AvgIpc) is 3.92. The molecule has 380 valence electrons. The third-order valence-electron chi connectivity index (χ3n) is 16.6. The second-order valence-corrected chi connectivity index (χ2v) is 24.9. The molecule has 15 aromatic rings. The largest absolute Gasteiger partial charge is 0.309 e. The van der Waals surface area contributed by atoms with Gasteiger partial charge in [0.2, 0.25) is 0 Å². The molecule has 0 fully saturated rings. The zero-order valence-corrected chi connectivity index (χ0v) is 45.6. The minimum absolute atomic E-state index is 1.15. The fraction of sp³-hybridized carbons (Fsp3) is 0. The molecule has 0 radical (unpaired) electrons. The van der Waals surface area contributed by atoms with Crippen molar-refractivity contribution in [3.05, 3.63) is 328 Å². The molecule has 2 nitrogen and oxygen atoms in total. The molecule has 0 bridgehead atoms. The summed E-state index contributed by atoms with van der Waals surface area (Å²) in [6.45, 7) is 0. The second kappa shape index (κ2) is 20.2. The van der Waals surface area contributed by atoms with E-state index in [-0.39, 0.29) is 0 Å². The molecule has 0 aliphatic rings. The van der Waals surface area contributed by atoms with Crippen molar-refractivity contribution < 1.29 is 0 Å². The predicted octanol–water partition coefficient (Wildman–Crippen LogP) is 17.6. The highest BCUT2D eigenvalue weighted by atomic mass is 28.3. The van der Waals surface area contributed by atoms with E-state index < -0.39 is 8.07 Å². The standard InChI is InChI=1S/C78H54N2Si/c1-8-27-55(28-9-1)60-49-61(56-29-10-2-11-30-56)51-65(50-60)81(63-37-18-6-19-38-63,64-39-20-7-21-40-64)66-53-70(57-31-12-3-13-32-57)78(71(54-66)58-33-14-4-15-34-58)80-74-45-25-23-42-69(74)77-67(43-26-46-76(77)80)59-47-48-75-72(52-59)68-41-22-24-44-73(68)79(75)62-35-16-5-17-36-62/h1-54H. The maximum absolute atomic E-state index is 3.30. The summed E-state index contributed by atoms with van der Waals surface area (Å²) in [6, 6.07) is 122. The van der Waals surface area contributed by atoms with Crippen molar-refractivity contribution in [3.63, 3.8) is 0 Å². The zero-order chi connectivity index (χ0) is 53.7. The molecule has 0 saturated heterocycles. The van der Waals surface area contributed by atoms with Gasteiger partial charge >= 0.3 is 0 Å². The summed E-state index contributed by atoms with van der Waals surface area (Å²) in [5.74, 6) is 0. The summed E-state index contributed by atoms with van der Waals surface area (Å²) in [6.07, 6.45) is 0. The molecule has 3 heteroatoms. The van der Waals surface area contributed by atoms with Crippen LogP contribution in [0.1, 0.15) is 0 Å². The molecule has 0 aliphatic heterocycles. The Morgan fingerprint density at radius 3 is 1.17 bits per heavy atom. The van der Waals surface area contributed by atoms with E-state index >= 15 is 0 Å². The Bertz CT molecular complexity index is 4600. The lowest BCUT2D eigenvalue weighted by Gasteiger charge is -2.36. The van der Waals surface area contributed by atoms with Gasteiger partial charge in [0, 0.05) is 38.4 Å². The summed E-state index contributed by atoms with van der Waals surface area (Å²) in [5, 5.41) is 10.2. The van der Waals surface area contributed by atoms with Crippen molar-refractivity contribution in [2.45, 2.75) is 0 Å². The first-order chi connectivity index (χ1) is 40.2. The van der Waals surface area contributed by atoms with Crippen LogP contribution >= 0.6 is 0 Å². The van der Waals surface area contributed by atoms with Crippen LogP contribution in [0.25, 0.3) is 111 Å². The number of rotatable bonds is 11.